The fraction of sp³-hybridized carbons (Fsp3) is 0.346. The number of benzene rings is 1. The molecular weight excluding hydrogens is 522 g/mol. The van der Waals surface area contributed by atoms with E-state index in [2.05, 4.69) is 25.9 Å². The Balaban J connectivity index is 2.60. The number of amides is 4. The van der Waals surface area contributed by atoms with Crippen molar-refractivity contribution in [2.75, 3.05) is 24.8 Å². The SMILES string of the molecule is CCNC(=O)c1ccc(C)c(N(C(=O)OCOC(=O)C(C)NC=O)C(=NC=N)c2[nH]cc(C(=O)NCC)c2C)c1. The van der Waals surface area contributed by atoms with E-state index < -0.39 is 24.9 Å². The summed E-state index contributed by atoms with van der Waals surface area (Å²) in [6.45, 7) is 8.21. The van der Waals surface area contributed by atoms with Crippen molar-refractivity contribution in [1.29, 1.82) is 5.41 Å². The molecule has 0 bridgehead atoms. The maximum absolute atomic E-state index is 13.5. The Morgan fingerprint density at radius 1 is 1.10 bits per heavy atom. The van der Waals surface area contributed by atoms with Gasteiger partial charge in [0, 0.05) is 24.8 Å². The van der Waals surface area contributed by atoms with Gasteiger partial charge in [0.25, 0.3) is 11.8 Å². The number of nitrogens with one attached hydrogen (secondary N) is 5. The third-order valence-electron chi connectivity index (χ3n) is 5.63. The summed E-state index contributed by atoms with van der Waals surface area (Å²) in [5, 5.41) is 15.3. The molecule has 40 heavy (non-hydrogen) atoms. The van der Waals surface area contributed by atoms with E-state index in [1.54, 1.807) is 39.8 Å². The quantitative estimate of drug-likeness (QED) is 0.0865. The molecule has 1 aromatic carbocycles. The van der Waals surface area contributed by atoms with Crippen molar-refractivity contribution in [2.45, 2.75) is 40.7 Å². The number of esters is 1. The van der Waals surface area contributed by atoms with Gasteiger partial charge in [-0.25, -0.2) is 19.5 Å². The number of aryl methyl sites for hydroxylation is 1. The highest BCUT2D eigenvalue weighted by atomic mass is 16.7. The van der Waals surface area contributed by atoms with Gasteiger partial charge in [0.05, 0.1) is 16.9 Å². The summed E-state index contributed by atoms with van der Waals surface area (Å²) in [5.41, 5.74) is 1.91. The number of H-pyrrole nitrogens is 1. The molecule has 0 spiro atoms. The number of rotatable bonds is 12. The van der Waals surface area contributed by atoms with Crippen molar-refractivity contribution in [1.82, 2.24) is 20.9 Å². The highest BCUT2D eigenvalue weighted by molar-refractivity contribution is 6.24. The molecule has 2 aromatic rings. The monoisotopic (exact) mass is 555 g/mol. The van der Waals surface area contributed by atoms with E-state index in [0.29, 0.717) is 42.5 Å². The van der Waals surface area contributed by atoms with Crippen LogP contribution in [0.1, 0.15) is 58.3 Å². The Morgan fingerprint density at radius 2 is 1.77 bits per heavy atom. The molecule has 1 heterocycles. The number of aromatic amines is 1. The normalized spacial score (nSPS) is 11.6. The summed E-state index contributed by atoms with van der Waals surface area (Å²) in [6, 6.07) is 3.67. The number of hydrogen-bond donors (Lipinski definition) is 5. The average molecular weight is 556 g/mol. The number of hydrogen-bond acceptors (Lipinski definition) is 8. The fourth-order valence-corrected chi connectivity index (χ4v) is 3.57. The van der Waals surface area contributed by atoms with Gasteiger partial charge in [-0.05, 0) is 57.9 Å². The van der Waals surface area contributed by atoms with Crippen LogP contribution in [0, 0.1) is 19.3 Å². The number of carbonyl (C=O) groups is 5. The molecule has 4 amide bonds. The zero-order chi connectivity index (χ0) is 29.8. The maximum Gasteiger partial charge on any atom is 0.423 e. The van der Waals surface area contributed by atoms with Crippen LogP contribution in [0.3, 0.4) is 0 Å². The second-order valence-corrected chi connectivity index (χ2v) is 8.34. The molecule has 14 heteroatoms. The minimum atomic E-state index is -1.06. The molecule has 0 saturated heterocycles. The van der Waals surface area contributed by atoms with E-state index in [9.17, 15) is 24.0 Å². The van der Waals surface area contributed by atoms with Crippen molar-refractivity contribution in [3.8, 4) is 0 Å². The molecule has 214 valence electrons. The lowest BCUT2D eigenvalue weighted by Gasteiger charge is -2.25. The van der Waals surface area contributed by atoms with Crippen LogP contribution in [-0.2, 0) is 19.1 Å². The van der Waals surface area contributed by atoms with Crippen LogP contribution in [-0.4, -0.2) is 73.4 Å². The predicted molar refractivity (Wildman–Crippen MR) is 147 cm³/mol. The molecule has 0 aliphatic rings. The van der Waals surface area contributed by atoms with Gasteiger partial charge in [0.15, 0.2) is 5.84 Å². The first-order chi connectivity index (χ1) is 19.1. The summed E-state index contributed by atoms with van der Waals surface area (Å²) >= 11 is 0. The molecule has 2 rings (SSSR count). The first-order valence-corrected chi connectivity index (χ1v) is 12.4. The molecule has 0 saturated carbocycles. The number of anilines is 1. The van der Waals surface area contributed by atoms with Crippen LogP contribution >= 0.6 is 0 Å². The molecule has 0 aliphatic heterocycles. The van der Waals surface area contributed by atoms with E-state index in [4.69, 9.17) is 14.9 Å². The number of ether oxygens (including phenoxy) is 2. The number of aromatic nitrogens is 1. The van der Waals surface area contributed by atoms with Crippen LogP contribution in [0.5, 0.6) is 0 Å². The van der Waals surface area contributed by atoms with Crippen LogP contribution in [0.2, 0.25) is 0 Å². The summed E-state index contributed by atoms with van der Waals surface area (Å²) in [6.07, 6.45) is 1.42. The van der Waals surface area contributed by atoms with E-state index >= 15 is 0 Å². The molecule has 14 nitrogen and oxygen atoms in total. The zero-order valence-corrected chi connectivity index (χ0v) is 22.9. The molecule has 0 fully saturated rings. The predicted octanol–water partition coefficient (Wildman–Crippen LogP) is 1.76. The fourth-order valence-electron chi connectivity index (χ4n) is 3.57. The van der Waals surface area contributed by atoms with Crippen molar-refractivity contribution in [2.24, 2.45) is 4.99 Å². The lowest BCUT2D eigenvalue weighted by atomic mass is 10.1. The maximum atomic E-state index is 13.5. The van der Waals surface area contributed by atoms with E-state index in [-0.39, 0.29) is 34.6 Å². The van der Waals surface area contributed by atoms with Gasteiger partial charge in [-0.2, -0.15) is 0 Å². The Morgan fingerprint density at radius 3 is 2.40 bits per heavy atom. The average Bonchev–Trinajstić information content (AvgIpc) is 3.30. The van der Waals surface area contributed by atoms with Gasteiger partial charge in [0.1, 0.15) is 12.4 Å². The summed E-state index contributed by atoms with van der Waals surface area (Å²) in [4.78, 5) is 69.2. The molecule has 1 atom stereocenters. The molecule has 1 aromatic heterocycles. The molecular formula is C26H33N7O7. The van der Waals surface area contributed by atoms with Crippen LogP contribution in [0.15, 0.2) is 29.4 Å². The molecule has 0 aliphatic carbocycles. The highest BCUT2D eigenvalue weighted by Gasteiger charge is 2.30. The second-order valence-electron chi connectivity index (χ2n) is 8.34. The molecule has 5 N–H and O–H groups in total. The Kier molecular flexibility index (Phi) is 11.5. The summed E-state index contributed by atoms with van der Waals surface area (Å²) in [5.74, 6) is -1.71. The Hall–Kier alpha value is -5.01. The number of amidine groups is 1. The van der Waals surface area contributed by atoms with Gasteiger partial charge in [-0.3, -0.25) is 19.8 Å². The highest BCUT2D eigenvalue weighted by Crippen LogP contribution is 2.27. The van der Waals surface area contributed by atoms with Crippen LogP contribution < -0.4 is 20.9 Å². The van der Waals surface area contributed by atoms with Gasteiger partial charge in [-0.15, -0.1) is 0 Å². The van der Waals surface area contributed by atoms with E-state index in [1.165, 1.54) is 19.2 Å². The summed E-state index contributed by atoms with van der Waals surface area (Å²) in [7, 11) is 0. The van der Waals surface area contributed by atoms with Gasteiger partial charge >= 0.3 is 12.1 Å². The third-order valence-corrected chi connectivity index (χ3v) is 5.63. The number of aliphatic imine (C=N–C) groups is 1. The van der Waals surface area contributed by atoms with E-state index in [0.717, 1.165) is 4.90 Å². The van der Waals surface area contributed by atoms with Gasteiger partial charge in [0.2, 0.25) is 13.2 Å². The third kappa shape index (κ3) is 7.52. The minimum absolute atomic E-state index is 0.119. The standard InChI is InChI=1S/C26H33N7O7/c1-6-28-23(35)18-9-8-15(3)20(10-18)33(26(38)40-14-39-25(37)17(5)32-13-34)22(31-12-27)21-16(4)19(11-30-21)24(36)29-7-2/h8-13,17,27,30H,6-7,14H2,1-5H3,(H,28,35)(H,29,36)(H,32,34). The number of carbonyl (C=O) groups excluding carboxylic acids is 5. The zero-order valence-electron chi connectivity index (χ0n) is 22.9. The topological polar surface area (TPSA) is 195 Å². The van der Waals surface area contributed by atoms with E-state index in [1.807, 2.05) is 0 Å². The van der Waals surface area contributed by atoms with Crippen molar-refractivity contribution >= 4 is 48.1 Å². The van der Waals surface area contributed by atoms with Crippen LogP contribution in [0.25, 0.3) is 0 Å². The van der Waals surface area contributed by atoms with Gasteiger partial charge in [-0.1, -0.05) is 6.07 Å². The second kappa shape index (κ2) is 14.8. The van der Waals surface area contributed by atoms with Gasteiger partial charge < -0.3 is 30.4 Å². The number of nitrogens with zero attached hydrogens (tertiary/aromatic N) is 2. The largest absolute Gasteiger partial charge is 0.426 e. The lowest BCUT2D eigenvalue weighted by molar-refractivity contribution is -0.154. The molecule has 0 radical (unpaired) electrons. The van der Waals surface area contributed by atoms with Crippen molar-refractivity contribution in [3.05, 3.63) is 52.3 Å². The van der Waals surface area contributed by atoms with Crippen molar-refractivity contribution < 1.29 is 33.4 Å². The Bertz CT molecular complexity index is 1300. The van der Waals surface area contributed by atoms with Crippen molar-refractivity contribution in [3.63, 3.8) is 0 Å². The first-order valence-electron chi connectivity index (χ1n) is 12.4. The minimum Gasteiger partial charge on any atom is -0.426 e. The van der Waals surface area contributed by atoms with Crippen LogP contribution in [0.4, 0.5) is 10.5 Å². The smallest absolute Gasteiger partial charge is 0.423 e. The first kappa shape index (κ1) is 31.2. The lowest BCUT2D eigenvalue weighted by Crippen LogP contribution is -2.41. The molecule has 1 unspecified atom stereocenters. The summed E-state index contributed by atoms with van der Waals surface area (Å²) < 4.78 is 10.1. The Labute approximate surface area is 231 Å².